The summed E-state index contributed by atoms with van der Waals surface area (Å²) in [7, 11) is -1.34. The predicted octanol–water partition coefficient (Wildman–Crippen LogP) is 9.68. The third-order valence-electron chi connectivity index (χ3n) is 9.13. The second-order valence-corrected chi connectivity index (χ2v) is 19.7. The molecule has 0 amide bonds. The molecule has 0 fully saturated rings. The SMILES string of the molecule is [KH].[Ru].c1ccc(P(c2ccccc2)c2ccccc2)cc1.c1ccc(P(c2ccccc2)c2ccccc2)cc1.c1ccc(P(c2ccccc2)c2ccccc2)cc1. The Kier molecular flexibility index (Phi) is 20.5. The average molecular weight is 928 g/mol. The van der Waals surface area contributed by atoms with Gasteiger partial charge in [-0.3, -0.25) is 0 Å². The number of hydrogen-bond acceptors (Lipinski definition) is 0. The molecule has 0 spiro atoms. The van der Waals surface area contributed by atoms with Gasteiger partial charge in [0.2, 0.25) is 0 Å². The number of rotatable bonds is 9. The molecule has 9 rings (SSSR count). The van der Waals surface area contributed by atoms with Crippen molar-refractivity contribution in [3.63, 3.8) is 0 Å². The molecule has 0 atom stereocenters. The molecule has 0 heterocycles. The molecule has 0 saturated carbocycles. The van der Waals surface area contributed by atoms with E-state index in [-0.39, 0.29) is 70.9 Å². The fraction of sp³-hybridized carbons (Fsp3) is 0. The van der Waals surface area contributed by atoms with Crippen LogP contribution in [0.15, 0.2) is 273 Å². The van der Waals surface area contributed by atoms with E-state index in [0.717, 1.165) is 0 Å². The summed E-state index contributed by atoms with van der Waals surface area (Å²) in [5.41, 5.74) is 0. The van der Waals surface area contributed by atoms with Crippen molar-refractivity contribution >= 4 is 123 Å². The van der Waals surface area contributed by atoms with Crippen LogP contribution in [0, 0.1) is 0 Å². The smallest absolute Gasteiger partial charge is 0 e. The fourth-order valence-electron chi connectivity index (χ4n) is 6.54. The van der Waals surface area contributed by atoms with Gasteiger partial charge in [-0.2, -0.15) is 0 Å². The summed E-state index contributed by atoms with van der Waals surface area (Å²) in [6.07, 6.45) is 0. The third-order valence-corrected chi connectivity index (χ3v) is 16.5. The van der Waals surface area contributed by atoms with Crippen molar-refractivity contribution < 1.29 is 19.5 Å². The zero-order valence-electron chi connectivity index (χ0n) is 32.2. The van der Waals surface area contributed by atoms with E-state index in [0.29, 0.717) is 0 Å². The van der Waals surface area contributed by atoms with Gasteiger partial charge in [0.15, 0.2) is 0 Å². The van der Waals surface area contributed by atoms with Gasteiger partial charge in [0, 0.05) is 19.5 Å². The topological polar surface area (TPSA) is 0 Å². The summed E-state index contributed by atoms with van der Waals surface area (Å²) in [5, 5.41) is 12.6. The van der Waals surface area contributed by atoms with Crippen molar-refractivity contribution in [2.45, 2.75) is 0 Å². The molecule has 0 radical (unpaired) electrons. The van der Waals surface area contributed by atoms with Crippen LogP contribution >= 0.6 is 23.8 Å². The van der Waals surface area contributed by atoms with Crippen molar-refractivity contribution in [1.29, 1.82) is 0 Å². The minimum absolute atomic E-state index is 0. The molecule has 0 aliphatic rings. The molecule has 0 aromatic heterocycles. The summed E-state index contributed by atoms with van der Waals surface area (Å²) < 4.78 is 0. The van der Waals surface area contributed by atoms with Gasteiger partial charge in [-0.15, -0.1) is 0 Å². The van der Waals surface area contributed by atoms with E-state index in [1.165, 1.54) is 47.7 Å². The van der Waals surface area contributed by atoms with Crippen LogP contribution in [0.5, 0.6) is 0 Å². The van der Waals surface area contributed by atoms with Gasteiger partial charge in [-0.25, -0.2) is 0 Å². The van der Waals surface area contributed by atoms with Crippen LogP contribution in [0.1, 0.15) is 0 Å². The molecule has 0 bridgehead atoms. The molecule has 0 N–H and O–H groups in total. The number of benzene rings is 9. The molecule has 0 unspecified atom stereocenters. The molecular weight excluding hydrogens is 882 g/mol. The standard InChI is InChI=1S/3C18H15P.K.Ru.H/c3*1-4-10-16(11-5-1)19(17-12-6-2-7-13-17)18-14-8-3-9-15-18;;;/h3*1-15H;;;. The Morgan fingerprint density at radius 3 is 0.322 bits per heavy atom. The Balaban J connectivity index is 0.000000165. The van der Waals surface area contributed by atoms with Gasteiger partial charge in [0.05, 0.1) is 0 Å². The van der Waals surface area contributed by atoms with Crippen molar-refractivity contribution in [3.05, 3.63) is 273 Å². The fourth-order valence-corrected chi connectivity index (χ4v) is 13.5. The van der Waals surface area contributed by atoms with Gasteiger partial charge in [0.1, 0.15) is 0 Å². The summed E-state index contributed by atoms with van der Waals surface area (Å²) >= 11 is 0. The summed E-state index contributed by atoms with van der Waals surface area (Å²) in [6.45, 7) is 0. The first-order valence-corrected chi connectivity index (χ1v) is 23.2. The van der Waals surface area contributed by atoms with Crippen molar-refractivity contribution in [1.82, 2.24) is 0 Å². The molecule has 5 heteroatoms. The monoisotopic (exact) mass is 928 g/mol. The minimum atomic E-state index is -0.446. The molecule has 59 heavy (non-hydrogen) atoms. The first kappa shape index (κ1) is 46.6. The molecule has 0 aliphatic heterocycles. The van der Waals surface area contributed by atoms with Crippen LogP contribution in [-0.4, -0.2) is 51.4 Å². The van der Waals surface area contributed by atoms with E-state index in [9.17, 15) is 0 Å². The molecule has 9 aromatic rings. The van der Waals surface area contributed by atoms with Crippen molar-refractivity contribution in [2.75, 3.05) is 0 Å². The Hall–Kier alpha value is -3.47. The molecule has 286 valence electrons. The van der Waals surface area contributed by atoms with Crippen LogP contribution in [0.3, 0.4) is 0 Å². The Morgan fingerprint density at radius 2 is 0.237 bits per heavy atom. The van der Waals surface area contributed by atoms with E-state index < -0.39 is 23.8 Å². The maximum Gasteiger partial charge on any atom is 0 e. The molecule has 0 aliphatic carbocycles. The first-order valence-electron chi connectivity index (χ1n) is 19.2. The van der Waals surface area contributed by atoms with E-state index in [1.54, 1.807) is 0 Å². The Bertz CT molecular complexity index is 1870. The third kappa shape index (κ3) is 13.8. The van der Waals surface area contributed by atoms with E-state index in [2.05, 4.69) is 273 Å². The second-order valence-electron chi connectivity index (χ2n) is 13.0. The average Bonchev–Trinajstić information content (AvgIpc) is 3.30. The summed E-state index contributed by atoms with van der Waals surface area (Å²) in [4.78, 5) is 0. The predicted molar refractivity (Wildman–Crippen MR) is 263 cm³/mol. The van der Waals surface area contributed by atoms with Crippen molar-refractivity contribution in [3.8, 4) is 0 Å². The summed E-state index contributed by atoms with van der Waals surface area (Å²) in [5.74, 6) is 0. The van der Waals surface area contributed by atoms with Crippen LogP contribution in [0.4, 0.5) is 0 Å². The van der Waals surface area contributed by atoms with E-state index in [4.69, 9.17) is 0 Å². The van der Waals surface area contributed by atoms with Crippen LogP contribution < -0.4 is 47.7 Å². The Labute approximate surface area is 410 Å². The Morgan fingerprint density at radius 1 is 0.153 bits per heavy atom. The number of hydrogen-bond donors (Lipinski definition) is 0. The van der Waals surface area contributed by atoms with Gasteiger partial charge in [-0.05, 0) is 71.5 Å². The zero-order chi connectivity index (χ0) is 38.7. The van der Waals surface area contributed by atoms with Crippen LogP contribution in [-0.2, 0) is 19.5 Å². The molecule has 0 nitrogen and oxygen atoms in total. The quantitative estimate of drug-likeness (QED) is 0.100. The summed E-state index contributed by atoms with van der Waals surface area (Å²) in [6, 6.07) is 97.0. The van der Waals surface area contributed by atoms with E-state index >= 15 is 0 Å². The molecule has 0 saturated heterocycles. The van der Waals surface area contributed by atoms with Crippen LogP contribution in [0.2, 0.25) is 0 Å². The van der Waals surface area contributed by atoms with Gasteiger partial charge in [-0.1, -0.05) is 273 Å². The normalized spacial score (nSPS) is 10.2. The maximum atomic E-state index is 2.23. The van der Waals surface area contributed by atoms with Gasteiger partial charge in [0.25, 0.3) is 0 Å². The maximum absolute atomic E-state index is 2.23. The van der Waals surface area contributed by atoms with Gasteiger partial charge >= 0.3 is 51.4 Å². The molecular formula is C54H46KP3Ru. The van der Waals surface area contributed by atoms with E-state index in [1.807, 2.05) is 0 Å². The van der Waals surface area contributed by atoms with Gasteiger partial charge < -0.3 is 0 Å². The first-order chi connectivity index (χ1) is 28.3. The molecule has 9 aromatic carbocycles. The largest absolute Gasteiger partial charge is 0.0622 e. The van der Waals surface area contributed by atoms with Crippen molar-refractivity contribution in [2.24, 2.45) is 0 Å². The zero-order valence-corrected chi connectivity index (χ0v) is 36.6. The second kappa shape index (κ2) is 26.0. The van der Waals surface area contributed by atoms with Crippen LogP contribution in [0.25, 0.3) is 0 Å². The minimum Gasteiger partial charge on any atom is -0.0622 e.